The van der Waals surface area contributed by atoms with Crippen LogP contribution in [0.4, 0.5) is 0 Å². The third-order valence-corrected chi connectivity index (χ3v) is 4.48. The average molecular weight is 238 g/mol. The Morgan fingerprint density at radius 3 is 2.94 bits per heavy atom. The van der Waals surface area contributed by atoms with Gasteiger partial charge < -0.3 is 5.32 Å². The van der Waals surface area contributed by atoms with Crippen molar-refractivity contribution < 1.29 is 0 Å². The van der Waals surface area contributed by atoms with E-state index in [0.717, 1.165) is 12.5 Å². The van der Waals surface area contributed by atoms with Gasteiger partial charge >= 0.3 is 0 Å². The molecule has 1 aromatic heterocycles. The fourth-order valence-corrected chi connectivity index (χ4v) is 3.26. The molecule has 0 aromatic carbocycles. The predicted octanol–water partition coefficient (Wildman–Crippen LogP) is 3.51. The zero-order valence-electron chi connectivity index (χ0n) is 10.3. The molecule has 1 aliphatic rings. The first-order valence-corrected chi connectivity index (χ1v) is 7.22. The summed E-state index contributed by atoms with van der Waals surface area (Å²) in [5, 5.41) is 4.88. The third kappa shape index (κ3) is 3.29. The molecule has 2 atom stereocenters. The predicted molar refractivity (Wildman–Crippen MR) is 69.7 cm³/mol. The maximum Gasteiger partial charge on any atom is 0.0897 e. The zero-order valence-corrected chi connectivity index (χ0v) is 11.1. The molecule has 1 heterocycles. The number of nitrogens with zero attached hydrogens (tertiary/aromatic N) is 1. The minimum Gasteiger partial charge on any atom is -0.309 e. The van der Waals surface area contributed by atoms with Crippen LogP contribution in [-0.4, -0.2) is 11.0 Å². The Labute approximate surface area is 102 Å². The number of nitrogens with one attached hydrogen (secondary N) is 1. The van der Waals surface area contributed by atoms with Crippen LogP contribution in [0.25, 0.3) is 0 Å². The topological polar surface area (TPSA) is 24.9 Å². The molecule has 1 fully saturated rings. The first-order valence-electron chi connectivity index (χ1n) is 6.40. The fraction of sp³-hybridized carbons (Fsp3) is 0.769. The summed E-state index contributed by atoms with van der Waals surface area (Å²) >= 11 is 1.81. The Balaban J connectivity index is 1.83. The van der Waals surface area contributed by atoms with Crippen LogP contribution in [0.3, 0.4) is 0 Å². The molecule has 0 saturated heterocycles. The van der Waals surface area contributed by atoms with E-state index in [-0.39, 0.29) is 0 Å². The van der Waals surface area contributed by atoms with E-state index in [0.29, 0.717) is 6.04 Å². The number of thiazole rings is 1. The van der Waals surface area contributed by atoms with E-state index in [1.165, 1.54) is 42.0 Å². The smallest absolute Gasteiger partial charge is 0.0897 e. The van der Waals surface area contributed by atoms with E-state index >= 15 is 0 Å². The minimum atomic E-state index is 0.713. The van der Waals surface area contributed by atoms with Crippen LogP contribution in [0.2, 0.25) is 0 Å². The molecule has 16 heavy (non-hydrogen) atoms. The Kier molecular flexibility index (Phi) is 4.36. The molecule has 0 aliphatic heterocycles. The lowest BCUT2D eigenvalue weighted by atomic mass is 9.97. The van der Waals surface area contributed by atoms with Crippen molar-refractivity contribution in [2.75, 3.05) is 0 Å². The average Bonchev–Trinajstić information content (AvgIpc) is 2.56. The standard InChI is InChI=1S/C13H22N2S/c1-10-6-4-3-5-7-13(10)15-9-12-8-14-11(2)16-12/h8,10,13,15H,3-7,9H2,1-2H3. The summed E-state index contributed by atoms with van der Waals surface area (Å²) in [5.41, 5.74) is 0. The van der Waals surface area contributed by atoms with Crippen LogP contribution >= 0.6 is 11.3 Å². The zero-order chi connectivity index (χ0) is 11.4. The first-order chi connectivity index (χ1) is 7.75. The Bertz CT molecular complexity index is 321. The number of hydrogen-bond acceptors (Lipinski definition) is 3. The van der Waals surface area contributed by atoms with Crippen molar-refractivity contribution in [2.24, 2.45) is 5.92 Å². The largest absolute Gasteiger partial charge is 0.309 e. The summed E-state index contributed by atoms with van der Waals surface area (Å²) in [4.78, 5) is 5.67. The van der Waals surface area contributed by atoms with E-state index in [2.05, 4.69) is 24.1 Å². The Morgan fingerprint density at radius 1 is 1.38 bits per heavy atom. The summed E-state index contributed by atoms with van der Waals surface area (Å²) < 4.78 is 0. The Hall–Kier alpha value is -0.410. The van der Waals surface area contributed by atoms with Crippen LogP contribution in [0, 0.1) is 12.8 Å². The van der Waals surface area contributed by atoms with Gasteiger partial charge in [-0.1, -0.05) is 26.2 Å². The van der Waals surface area contributed by atoms with Gasteiger partial charge in [-0.25, -0.2) is 4.98 Å². The van der Waals surface area contributed by atoms with Gasteiger partial charge in [-0.3, -0.25) is 0 Å². The van der Waals surface area contributed by atoms with Gasteiger partial charge in [0.25, 0.3) is 0 Å². The highest BCUT2D eigenvalue weighted by Gasteiger charge is 2.19. The molecule has 3 heteroatoms. The highest BCUT2D eigenvalue weighted by molar-refractivity contribution is 7.11. The maximum atomic E-state index is 4.30. The fourth-order valence-electron chi connectivity index (χ4n) is 2.52. The molecule has 1 saturated carbocycles. The van der Waals surface area contributed by atoms with Gasteiger partial charge in [0, 0.05) is 23.7 Å². The molecule has 2 unspecified atom stereocenters. The highest BCUT2D eigenvalue weighted by Crippen LogP contribution is 2.23. The normalized spacial score (nSPS) is 26.6. The number of aromatic nitrogens is 1. The minimum absolute atomic E-state index is 0.713. The quantitative estimate of drug-likeness (QED) is 0.815. The molecule has 2 rings (SSSR count). The van der Waals surface area contributed by atoms with Gasteiger partial charge in [0.15, 0.2) is 0 Å². The lowest BCUT2D eigenvalue weighted by Gasteiger charge is -2.22. The lowest BCUT2D eigenvalue weighted by molar-refractivity contribution is 0.357. The van der Waals surface area contributed by atoms with Gasteiger partial charge in [-0.15, -0.1) is 11.3 Å². The number of aryl methyl sites for hydroxylation is 1. The summed E-state index contributed by atoms with van der Waals surface area (Å²) in [6.45, 7) is 5.46. The molecule has 1 aliphatic carbocycles. The number of hydrogen-bond donors (Lipinski definition) is 1. The van der Waals surface area contributed by atoms with Gasteiger partial charge in [0.1, 0.15) is 0 Å². The van der Waals surface area contributed by atoms with Gasteiger partial charge in [0.2, 0.25) is 0 Å². The molecule has 1 N–H and O–H groups in total. The first kappa shape index (κ1) is 12.1. The maximum absolute atomic E-state index is 4.30. The van der Waals surface area contributed by atoms with Crippen LogP contribution in [-0.2, 0) is 6.54 Å². The van der Waals surface area contributed by atoms with E-state index in [9.17, 15) is 0 Å². The molecule has 0 bridgehead atoms. The molecule has 1 aromatic rings. The van der Waals surface area contributed by atoms with Crippen LogP contribution < -0.4 is 5.32 Å². The van der Waals surface area contributed by atoms with Crippen molar-refractivity contribution in [3.8, 4) is 0 Å². The third-order valence-electron chi connectivity index (χ3n) is 3.57. The van der Waals surface area contributed by atoms with E-state index in [1.807, 2.05) is 17.5 Å². The molecule has 0 spiro atoms. The summed E-state index contributed by atoms with van der Waals surface area (Å²) in [6.07, 6.45) is 8.97. The van der Waals surface area contributed by atoms with Gasteiger partial charge in [-0.05, 0) is 25.7 Å². The van der Waals surface area contributed by atoms with E-state index < -0.39 is 0 Å². The second kappa shape index (κ2) is 5.78. The summed E-state index contributed by atoms with van der Waals surface area (Å²) in [6, 6.07) is 0.713. The van der Waals surface area contributed by atoms with Crippen molar-refractivity contribution in [3.63, 3.8) is 0 Å². The van der Waals surface area contributed by atoms with E-state index in [1.54, 1.807) is 0 Å². The van der Waals surface area contributed by atoms with E-state index in [4.69, 9.17) is 0 Å². The molecular weight excluding hydrogens is 216 g/mol. The van der Waals surface area contributed by atoms with Crippen molar-refractivity contribution in [2.45, 2.75) is 58.5 Å². The molecule has 90 valence electrons. The second-order valence-corrected chi connectivity index (χ2v) is 6.27. The molecular formula is C13H22N2S. The van der Waals surface area contributed by atoms with Crippen LogP contribution in [0.1, 0.15) is 48.9 Å². The van der Waals surface area contributed by atoms with Crippen LogP contribution in [0.5, 0.6) is 0 Å². The Morgan fingerprint density at radius 2 is 2.19 bits per heavy atom. The molecule has 2 nitrogen and oxygen atoms in total. The molecule has 0 amide bonds. The molecule has 0 radical (unpaired) electrons. The summed E-state index contributed by atoms with van der Waals surface area (Å²) in [5.74, 6) is 0.830. The second-order valence-electron chi connectivity index (χ2n) is 4.95. The monoisotopic (exact) mass is 238 g/mol. The van der Waals surface area contributed by atoms with Gasteiger partial charge in [0.05, 0.1) is 5.01 Å². The SMILES string of the molecule is Cc1ncc(CNC2CCCCCC2C)s1. The van der Waals surface area contributed by atoms with Crippen molar-refractivity contribution >= 4 is 11.3 Å². The number of rotatable bonds is 3. The summed E-state index contributed by atoms with van der Waals surface area (Å²) in [7, 11) is 0. The highest BCUT2D eigenvalue weighted by atomic mass is 32.1. The van der Waals surface area contributed by atoms with Crippen LogP contribution in [0.15, 0.2) is 6.20 Å². The van der Waals surface area contributed by atoms with Crippen molar-refractivity contribution in [3.05, 3.63) is 16.1 Å². The van der Waals surface area contributed by atoms with Crippen molar-refractivity contribution in [1.29, 1.82) is 0 Å². The lowest BCUT2D eigenvalue weighted by Crippen LogP contribution is -2.33. The van der Waals surface area contributed by atoms with Gasteiger partial charge in [-0.2, -0.15) is 0 Å². The van der Waals surface area contributed by atoms with Crippen molar-refractivity contribution in [1.82, 2.24) is 10.3 Å².